The number of carbonyl (C=O) groups excluding carboxylic acids is 1. The predicted octanol–water partition coefficient (Wildman–Crippen LogP) is 2.39. The Labute approximate surface area is 112 Å². The average molecular weight is 269 g/mol. The smallest absolute Gasteiger partial charge is 0.254 e. The molecule has 0 radical (unpaired) electrons. The van der Waals surface area contributed by atoms with Crippen LogP contribution in [0.25, 0.3) is 0 Å². The Bertz CT molecular complexity index is 437. The van der Waals surface area contributed by atoms with Gasteiger partial charge in [-0.05, 0) is 18.2 Å². The first-order valence-corrected chi connectivity index (χ1v) is 5.92. The van der Waals surface area contributed by atoms with Gasteiger partial charge in [-0.2, -0.15) is 0 Å². The normalized spacial score (nSPS) is 10.2. The molecule has 0 bridgehead atoms. The fraction of sp³-hybridized carbons (Fsp3) is 0.308. The fourth-order valence-corrected chi connectivity index (χ4v) is 1.67. The molecule has 5 heteroatoms. The first-order chi connectivity index (χ1) is 8.60. The third-order valence-electron chi connectivity index (χ3n) is 2.40. The van der Waals surface area contributed by atoms with Crippen molar-refractivity contribution in [3.8, 4) is 0 Å². The topological polar surface area (TPSA) is 29.5 Å². The van der Waals surface area contributed by atoms with Crippen molar-refractivity contribution in [3.63, 3.8) is 0 Å². The van der Waals surface area contributed by atoms with E-state index in [0.717, 1.165) is 0 Å². The summed E-state index contributed by atoms with van der Waals surface area (Å²) in [6.45, 7) is 4.92. The number of hydrogen-bond acceptors (Lipinski definition) is 3. The maximum Gasteiger partial charge on any atom is 0.254 e. The van der Waals surface area contributed by atoms with Crippen LogP contribution >= 0.6 is 12.6 Å². The standard InChI is InChI=1S/C13H16FNO2S/c1-3-6-15(7-8-17-2)13(16)10-4-5-11(14)12(18)9-10/h3-5,9,18H,1,6-8H2,2H3. The lowest BCUT2D eigenvalue weighted by Gasteiger charge is -2.20. The minimum Gasteiger partial charge on any atom is -0.383 e. The van der Waals surface area contributed by atoms with Crippen molar-refractivity contribution < 1.29 is 13.9 Å². The van der Waals surface area contributed by atoms with Gasteiger partial charge in [0.25, 0.3) is 5.91 Å². The summed E-state index contributed by atoms with van der Waals surface area (Å²) in [5, 5.41) is 0. The van der Waals surface area contributed by atoms with Gasteiger partial charge in [0.2, 0.25) is 0 Å². The summed E-state index contributed by atoms with van der Waals surface area (Å²) in [5.74, 6) is -0.635. The molecule has 18 heavy (non-hydrogen) atoms. The van der Waals surface area contributed by atoms with Gasteiger partial charge in [0.1, 0.15) is 5.82 Å². The molecule has 0 atom stereocenters. The number of thiol groups is 1. The van der Waals surface area contributed by atoms with Crippen LogP contribution in [-0.4, -0.2) is 37.6 Å². The van der Waals surface area contributed by atoms with Crippen LogP contribution in [0.1, 0.15) is 10.4 Å². The van der Waals surface area contributed by atoms with E-state index in [1.54, 1.807) is 18.1 Å². The highest BCUT2D eigenvalue weighted by Gasteiger charge is 2.15. The maximum atomic E-state index is 13.1. The Kier molecular flexibility index (Phi) is 5.88. The number of amides is 1. The van der Waals surface area contributed by atoms with Crippen molar-refractivity contribution in [3.05, 3.63) is 42.2 Å². The third-order valence-corrected chi connectivity index (χ3v) is 2.74. The van der Waals surface area contributed by atoms with E-state index in [9.17, 15) is 9.18 Å². The van der Waals surface area contributed by atoms with Crippen molar-refractivity contribution in [2.45, 2.75) is 4.90 Å². The van der Waals surface area contributed by atoms with Gasteiger partial charge >= 0.3 is 0 Å². The number of rotatable bonds is 6. The molecule has 0 aliphatic rings. The van der Waals surface area contributed by atoms with Gasteiger partial charge in [0.15, 0.2) is 0 Å². The van der Waals surface area contributed by atoms with Crippen LogP contribution in [0.3, 0.4) is 0 Å². The number of hydrogen-bond donors (Lipinski definition) is 1. The number of ether oxygens (including phenoxy) is 1. The molecule has 1 amide bonds. The molecule has 0 aromatic heterocycles. The highest BCUT2D eigenvalue weighted by molar-refractivity contribution is 7.80. The summed E-state index contributed by atoms with van der Waals surface area (Å²) < 4.78 is 18.0. The van der Waals surface area contributed by atoms with Crippen molar-refractivity contribution >= 4 is 18.5 Å². The summed E-state index contributed by atoms with van der Waals surface area (Å²) in [5.41, 5.74) is 0.402. The minimum absolute atomic E-state index is 0.158. The second kappa shape index (κ2) is 7.18. The number of nitrogens with zero attached hydrogens (tertiary/aromatic N) is 1. The zero-order valence-electron chi connectivity index (χ0n) is 10.2. The molecule has 0 fully saturated rings. The second-order valence-electron chi connectivity index (χ2n) is 3.70. The molecule has 0 saturated heterocycles. The number of halogens is 1. The lowest BCUT2D eigenvalue weighted by Crippen LogP contribution is -2.34. The summed E-state index contributed by atoms with van der Waals surface area (Å²) in [6, 6.07) is 4.10. The van der Waals surface area contributed by atoms with Gasteiger partial charge in [0.05, 0.1) is 6.61 Å². The Morgan fingerprint density at radius 1 is 1.61 bits per heavy atom. The molecule has 0 heterocycles. The third kappa shape index (κ3) is 3.85. The lowest BCUT2D eigenvalue weighted by atomic mass is 10.2. The van der Waals surface area contributed by atoms with Crippen molar-refractivity contribution in [1.82, 2.24) is 4.90 Å². The van der Waals surface area contributed by atoms with Gasteiger partial charge in [-0.25, -0.2) is 4.39 Å². The molecule has 1 aromatic rings. The van der Waals surface area contributed by atoms with Gasteiger partial charge in [-0.3, -0.25) is 4.79 Å². The van der Waals surface area contributed by atoms with E-state index >= 15 is 0 Å². The first kappa shape index (κ1) is 14.7. The van der Waals surface area contributed by atoms with E-state index in [-0.39, 0.29) is 10.8 Å². The number of carbonyl (C=O) groups is 1. The van der Waals surface area contributed by atoms with Crippen LogP contribution in [0.2, 0.25) is 0 Å². The second-order valence-corrected chi connectivity index (χ2v) is 4.18. The molecule has 3 nitrogen and oxygen atoms in total. The van der Waals surface area contributed by atoms with Gasteiger partial charge in [0, 0.05) is 30.7 Å². The molecular weight excluding hydrogens is 253 g/mol. The Morgan fingerprint density at radius 2 is 2.33 bits per heavy atom. The van der Waals surface area contributed by atoms with Gasteiger partial charge < -0.3 is 9.64 Å². The van der Waals surface area contributed by atoms with E-state index in [1.165, 1.54) is 18.2 Å². The molecule has 0 unspecified atom stereocenters. The van der Waals surface area contributed by atoms with Gasteiger partial charge in [-0.15, -0.1) is 19.2 Å². The molecule has 0 saturated carbocycles. The van der Waals surface area contributed by atoms with E-state index in [2.05, 4.69) is 19.2 Å². The molecule has 0 spiro atoms. The molecular formula is C13H16FNO2S. The van der Waals surface area contributed by atoms with Crippen molar-refractivity contribution in [1.29, 1.82) is 0 Å². The largest absolute Gasteiger partial charge is 0.383 e. The Balaban J connectivity index is 2.86. The van der Waals surface area contributed by atoms with Crippen LogP contribution in [0, 0.1) is 5.82 Å². The number of benzene rings is 1. The highest BCUT2D eigenvalue weighted by Crippen LogP contribution is 2.15. The summed E-state index contributed by atoms with van der Waals surface area (Å²) in [7, 11) is 1.57. The van der Waals surface area contributed by atoms with Crippen LogP contribution in [0.15, 0.2) is 35.7 Å². The summed E-state index contributed by atoms with van der Waals surface area (Å²) in [6.07, 6.45) is 1.64. The monoisotopic (exact) mass is 269 g/mol. The van der Waals surface area contributed by atoms with Gasteiger partial charge in [-0.1, -0.05) is 6.08 Å². The van der Waals surface area contributed by atoms with E-state index in [1.807, 2.05) is 0 Å². The Hall–Kier alpha value is -1.33. The van der Waals surface area contributed by atoms with Crippen molar-refractivity contribution in [2.24, 2.45) is 0 Å². The number of methoxy groups -OCH3 is 1. The summed E-state index contributed by atoms with van der Waals surface area (Å²) >= 11 is 3.96. The van der Waals surface area contributed by atoms with Crippen LogP contribution in [0.5, 0.6) is 0 Å². The molecule has 0 aliphatic carbocycles. The zero-order chi connectivity index (χ0) is 13.5. The highest BCUT2D eigenvalue weighted by atomic mass is 32.1. The summed E-state index contributed by atoms with van der Waals surface area (Å²) in [4.78, 5) is 13.9. The molecule has 0 aliphatic heterocycles. The quantitative estimate of drug-likeness (QED) is 0.635. The molecule has 98 valence electrons. The van der Waals surface area contributed by atoms with Crippen LogP contribution in [-0.2, 0) is 4.74 Å². The van der Waals surface area contributed by atoms with E-state index in [0.29, 0.717) is 25.3 Å². The van der Waals surface area contributed by atoms with Crippen molar-refractivity contribution in [2.75, 3.05) is 26.8 Å². The predicted molar refractivity (Wildman–Crippen MR) is 71.6 cm³/mol. The van der Waals surface area contributed by atoms with Crippen LogP contribution in [0.4, 0.5) is 4.39 Å². The SMILES string of the molecule is C=CCN(CCOC)C(=O)c1ccc(F)c(S)c1. The molecule has 0 N–H and O–H groups in total. The minimum atomic E-state index is -0.443. The van der Waals surface area contributed by atoms with E-state index in [4.69, 9.17) is 4.74 Å². The van der Waals surface area contributed by atoms with Crippen LogP contribution < -0.4 is 0 Å². The lowest BCUT2D eigenvalue weighted by molar-refractivity contribution is 0.0718. The Morgan fingerprint density at radius 3 is 2.89 bits per heavy atom. The first-order valence-electron chi connectivity index (χ1n) is 5.47. The molecule has 1 rings (SSSR count). The van der Waals surface area contributed by atoms with E-state index < -0.39 is 5.82 Å². The maximum absolute atomic E-state index is 13.1. The zero-order valence-corrected chi connectivity index (χ0v) is 11.1. The average Bonchev–Trinajstić information content (AvgIpc) is 2.37. The molecule has 1 aromatic carbocycles. The fourth-order valence-electron chi connectivity index (χ4n) is 1.46.